The van der Waals surface area contributed by atoms with E-state index in [1.807, 2.05) is 43.3 Å². The van der Waals surface area contributed by atoms with Crippen LogP contribution in [0.4, 0.5) is 0 Å². The van der Waals surface area contributed by atoms with E-state index in [4.69, 9.17) is 9.47 Å². The lowest BCUT2D eigenvalue weighted by Crippen LogP contribution is -2.36. The van der Waals surface area contributed by atoms with Crippen LogP contribution in [0.25, 0.3) is 0 Å². The lowest BCUT2D eigenvalue weighted by molar-refractivity contribution is 0.319. The molecule has 0 aliphatic carbocycles. The molecule has 0 radical (unpaired) electrons. The molecule has 2 aromatic carbocycles. The van der Waals surface area contributed by atoms with E-state index in [0.29, 0.717) is 37.1 Å². The predicted octanol–water partition coefficient (Wildman–Crippen LogP) is 5.06. The first-order valence-corrected chi connectivity index (χ1v) is 10.0. The van der Waals surface area contributed by atoms with Gasteiger partial charge < -0.3 is 20.1 Å². The van der Waals surface area contributed by atoms with Crippen molar-refractivity contribution in [3.63, 3.8) is 0 Å². The summed E-state index contributed by atoms with van der Waals surface area (Å²) in [6.45, 7) is 5.94. The molecule has 0 fully saturated rings. The number of guanidine groups is 1. The van der Waals surface area contributed by atoms with Gasteiger partial charge in [-0.25, -0.2) is 4.98 Å². The number of nitrogens with one attached hydrogen (secondary N) is 2. The molecule has 1 aromatic heterocycles. The summed E-state index contributed by atoms with van der Waals surface area (Å²) < 4.78 is 11.5. The Morgan fingerprint density at radius 3 is 2.32 bits per heavy atom. The zero-order valence-corrected chi connectivity index (χ0v) is 20.4. The number of ether oxygens (including phenoxy) is 2. The fourth-order valence-electron chi connectivity index (χ4n) is 2.91. The summed E-state index contributed by atoms with van der Waals surface area (Å²) in [7, 11) is 1.76. The molecular weight excluding hydrogens is 503 g/mol. The van der Waals surface area contributed by atoms with E-state index in [1.165, 1.54) is 11.1 Å². The van der Waals surface area contributed by atoms with Crippen molar-refractivity contribution < 1.29 is 9.47 Å². The molecule has 0 saturated heterocycles. The number of aromatic nitrogens is 1. The minimum Gasteiger partial charge on any atom is -0.490 e. The van der Waals surface area contributed by atoms with Crippen LogP contribution in [0, 0.1) is 6.92 Å². The van der Waals surface area contributed by atoms with Gasteiger partial charge in [0.15, 0.2) is 17.5 Å². The van der Waals surface area contributed by atoms with Gasteiger partial charge in [0.1, 0.15) is 0 Å². The average Bonchev–Trinajstić information content (AvgIpc) is 2.76. The van der Waals surface area contributed by atoms with Crippen LogP contribution < -0.4 is 20.1 Å². The van der Waals surface area contributed by atoms with Crippen LogP contribution in [0.15, 0.2) is 71.9 Å². The minimum absolute atomic E-state index is 0. The molecule has 7 heteroatoms. The van der Waals surface area contributed by atoms with Gasteiger partial charge in [-0.3, -0.25) is 4.99 Å². The molecule has 0 aliphatic heterocycles. The second-order valence-electron chi connectivity index (χ2n) is 6.75. The number of benzene rings is 2. The van der Waals surface area contributed by atoms with E-state index in [2.05, 4.69) is 51.8 Å². The monoisotopic (exact) mass is 532 g/mol. The summed E-state index contributed by atoms with van der Waals surface area (Å²) in [6, 6.07) is 19.8. The van der Waals surface area contributed by atoms with Gasteiger partial charge in [-0.1, -0.05) is 48.0 Å². The summed E-state index contributed by atoms with van der Waals surface area (Å²) in [5.41, 5.74) is 3.49. The zero-order valence-electron chi connectivity index (χ0n) is 18.1. The average molecular weight is 532 g/mol. The molecule has 3 aromatic rings. The molecule has 0 spiro atoms. The number of hydrogen-bond acceptors (Lipinski definition) is 4. The fraction of sp³-hybridized carbons (Fsp3) is 0.250. The van der Waals surface area contributed by atoms with Gasteiger partial charge in [0.05, 0.1) is 6.61 Å². The molecular formula is C24H29IN4O2. The maximum absolute atomic E-state index is 5.87. The van der Waals surface area contributed by atoms with Crippen molar-refractivity contribution in [3.8, 4) is 17.4 Å². The highest BCUT2D eigenvalue weighted by molar-refractivity contribution is 14.0. The van der Waals surface area contributed by atoms with Crippen molar-refractivity contribution in [1.29, 1.82) is 0 Å². The summed E-state index contributed by atoms with van der Waals surface area (Å²) in [5, 5.41) is 6.63. The molecule has 164 valence electrons. The van der Waals surface area contributed by atoms with E-state index in [-0.39, 0.29) is 24.0 Å². The molecule has 3 rings (SSSR count). The zero-order chi connectivity index (χ0) is 21.2. The Kier molecular flexibility index (Phi) is 10.1. The van der Waals surface area contributed by atoms with E-state index < -0.39 is 0 Å². The number of hydrogen-bond donors (Lipinski definition) is 2. The third kappa shape index (κ3) is 7.75. The molecule has 2 N–H and O–H groups in total. The van der Waals surface area contributed by atoms with Gasteiger partial charge >= 0.3 is 0 Å². The topological polar surface area (TPSA) is 67.8 Å². The highest BCUT2D eigenvalue weighted by Gasteiger charge is 2.06. The summed E-state index contributed by atoms with van der Waals surface area (Å²) >= 11 is 0. The second kappa shape index (κ2) is 12.8. The Balaban J connectivity index is 0.00000341. The number of nitrogens with zero attached hydrogens (tertiary/aromatic N) is 2. The van der Waals surface area contributed by atoms with Gasteiger partial charge in [-0.05, 0) is 37.1 Å². The van der Waals surface area contributed by atoms with Crippen molar-refractivity contribution in [2.45, 2.75) is 26.9 Å². The molecule has 6 nitrogen and oxygen atoms in total. The first-order valence-electron chi connectivity index (χ1n) is 10.0. The summed E-state index contributed by atoms with van der Waals surface area (Å²) in [6.07, 6.45) is 1.79. The number of rotatable bonds is 8. The largest absolute Gasteiger partial charge is 0.490 e. The fourth-order valence-corrected chi connectivity index (χ4v) is 2.91. The maximum Gasteiger partial charge on any atom is 0.219 e. The second-order valence-corrected chi connectivity index (χ2v) is 6.75. The first-order chi connectivity index (χ1) is 14.7. The number of aliphatic imine (C=N–C) groups is 1. The Bertz CT molecular complexity index is 977. The van der Waals surface area contributed by atoms with Crippen LogP contribution in [0.5, 0.6) is 17.4 Å². The van der Waals surface area contributed by atoms with Crippen LogP contribution >= 0.6 is 24.0 Å². The van der Waals surface area contributed by atoms with E-state index >= 15 is 0 Å². The molecule has 0 bridgehead atoms. The van der Waals surface area contributed by atoms with E-state index in [0.717, 1.165) is 11.5 Å². The van der Waals surface area contributed by atoms with Crippen molar-refractivity contribution in [1.82, 2.24) is 15.6 Å². The van der Waals surface area contributed by atoms with Crippen LogP contribution in [-0.4, -0.2) is 24.6 Å². The van der Waals surface area contributed by atoms with Crippen molar-refractivity contribution in [2.24, 2.45) is 4.99 Å². The SMILES string of the molecule is CCOc1ccccc1Oc1ccc(CNC(=NC)NCc2cccc(C)c2)cn1.I. The van der Waals surface area contributed by atoms with Crippen LogP contribution in [-0.2, 0) is 13.1 Å². The normalized spacial score (nSPS) is 10.7. The van der Waals surface area contributed by atoms with Gasteiger partial charge in [0, 0.05) is 32.4 Å². The van der Waals surface area contributed by atoms with Crippen molar-refractivity contribution in [3.05, 3.63) is 83.6 Å². The number of aryl methyl sites for hydroxylation is 1. The Labute approximate surface area is 201 Å². The third-order valence-electron chi connectivity index (χ3n) is 4.39. The van der Waals surface area contributed by atoms with Gasteiger partial charge in [0.2, 0.25) is 5.88 Å². The maximum atomic E-state index is 5.87. The highest BCUT2D eigenvalue weighted by Crippen LogP contribution is 2.30. The van der Waals surface area contributed by atoms with Crippen LogP contribution in [0.1, 0.15) is 23.6 Å². The predicted molar refractivity (Wildman–Crippen MR) is 136 cm³/mol. The lowest BCUT2D eigenvalue weighted by atomic mass is 10.1. The van der Waals surface area contributed by atoms with Crippen molar-refractivity contribution >= 4 is 29.9 Å². The van der Waals surface area contributed by atoms with Gasteiger partial charge in [-0.15, -0.1) is 24.0 Å². The standard InChI is InChI=1S/C24H28N4O2.HI/c1-4-29-21-10-5-6-11-22(21)30-23-13-12-20(16-26-23)17-28-24(25-3)27-15-19-9-7-8-18(2)14-19;/h5-14,16H,4,15,17H2,1-3H3,(H2,25,27,28);1H. The summed E-state index contributed by atoms with van der Waals surface area (Å²) in [4.78, 5) is 8.68. The molecule has 0 aliphatic rings. The Morgan fingerprint density at radius 2 is 1.68 bits per heavy atom. The highest BCUT2D eigenvalue weighted by atomic mass is 127. The smallest absolute Gasteiger partial charge is 0.219 e. The quantitative estimate of drug-likeness (QED) is 0.241. The molecule has 0 amide bonds. The molecule has 31 heavy (non-hydrogen) atoms. The summed E-state index contributed by atoms with van der Waals surface area (Å²) in [5.74, 6) is 2.62. The van der Waals surface area contributed by atoms with E-state index in [9.17, 15) is 0 Å². The molecule has 0 unspecified atom stereocenters. The van der Waals surface area contributed by atoms with Crippen molar-refractivity contribution in [2.75, 3.05) is 13.7 Å². The van der Waals surface area contributed by atoms with E-state index in [1.54, 1.807) is 13.2 Å². The van der Waals surface area contributed by atoms with Gasteiger partial charge in [0.25, 0.3) is 0 Å². The molecule has 1 heterocycles. The minimum atomic E-state index is 0. The lowest BCUT2D eigenvalue weighted by Gasteiger charge is -2.13. The number of para-hydroxylation sites is 2. The number of pyridine rings is 1. The van der Waals surface area contributed by atoms with Crippen LogP contribution in [0.3, 0.4) is 0 Å². The molecule has 0 saturated carbocycles. The van der Waals surface area contributed by atoms with Gasteiger partial charge in [-0.2, -0.15) is 0 Å². The number of halogens is 1. The first kappa shape index (κ1) is 24.5. The molecule has 0 atom stereocenters. The Hall–Kier alpha value is -2.81. The third-order valence-corrected chi connectivity index (χ3v) is 4.39. The van der Waals surface area contributed by atoms with Crippen LogP contribution in [0.2, 0.25) is 0 Å². The Morgan fingerprint density at radius 1 is 0.935 bits per heavy atom.